The van der Waals surface area contributed by atoms with Crippen LogP contribution in [0.25, 0.3) is 0 Å². The fraction of sp³-hybridized carbons (Fsp3) is 0.308. The first-order chi connectivity index (χ1) is 9.70. The van der Waals surface area contributed by atoms with Crippen LogP contribution < -0.4 is 11.1 Å². The van der Waals surface area contributed by atoms with Crippen LogP contribution in [0.2, 0.25) is 0 Å². The van der Waals surface area contributed by atoms with Crippen molar-refractivity contribution in [3.05, 3.63) is 47.5 Å². The van der Waals surface area contributed by atoms with E-state index in [1.54, 1.807) is 18.5 Å². The van der Waals surface area contributed by atoms with Crippen molar-refractivity contribution in [2.75, 3.05) is 6.54 Å². The monoisotopic (exact) mass is 274 g/mol. The Morgan fingerprint density at radius 1 is 1.45 bits per heavy atom. The summed E-state index contributed by atoms with van der Waals surface area (Å²) in [4.78, 5) is 4.04. The number of amidine groups is 1. The highest BCUT2D eigenvalue weighted by atomic mass is 16.4. The fourth-order valence-electron chi connectivity index (χ4n) is 1.87. The molecule has 0 aliphatic heterocycles. The highest BCUT2D eigenvalue weighted by Crippen LogP contribution is 2.02. The normalized spacial score (nSPS) is 11.8. The van der Waals surface area contributed by atoms with Gasteiger partial charge in [-0.15, -0.1) is 0 Å². The second-order valence-corrected chi connectivity index (χ2v) is 4.41. The molecule has 0 radical (unpaired) electrons. The zero-order chi connectivity index (χ0) is 14.4. The van der Waals surface area contributed by atoms with Crippen molar-refractivity contribution in [2.24, 2.45) is 17.9 Å². The Balaban J connectivity index is 1.84. The average molecular weight is 274 g/mol. The van der Waals surface area contributed by atoms with Crippen molar-refractivity contribution in [3.63, 3.8) is 0 Å². The van der Waals surface area contributed by atoms with Gasteiger partial charge in [0.1, 0.15) is 5.69 Å². The van der Waals surface area contributed by atoms with E-state index < -0.39 is 0 Å². The van der Waals surface area contributed by atoms with E-state index >= 15 is 0 Å². The number of pyridine rings is 1. The molecule has 0 fully saturated rings. The van der Waals surface area contributed by atoms with Gasteiger partial charge in [0.25, 0.3) is 0 Å². The molecule has 2 rings (SSSR count). The Bertz CT molecular complexity index is 592. The molecule has 4 N–H and O–H groups in total. The van der Waals surface area contributed by atoms with Crippen LogP contribution in [0.4, 0.5) is 0 Å². The lowest BCUT2D eigenvalue weighted by atomic mass is 10.2. The molecular formula is C13H18N6O. The van der Waals surface area contributed by atoms with Crippen molar-refractivity contribution in [2.45, 2.75) is 13.0 Å². The maximum absolute atomic E-state index is 8.62. The summed E-state index contributed by atoms with van der Waals surface area (Å²) in [5.41, 5.74) is 8.20. The predicted octanol–water partition coefficient (Wildman–Crippen LogP) is 0.242. The van der Waals surface area contributed by atoms with Crippen molar-refractivity contribution in [1.82, 2.24) is 20.1 Å². The van der Waals surface area contributed by atoms with Crippen molar-refractivity contribution in [3.8, 4) is 0 Å². The van der Waals surface area contributed by atoms with Crippen LogP contribution in [0, 0.1) is 0 Å². The summed E-state index contributed by atoms with van der Waals surface area (Å²) in [5, 5.41) is 19.0. The molecule has 0 spiro atoms. The van der Waals surface area contributed by atoms with Crippen LogP contribution >= 0.6 is 0 Å². The molecular weight excluding hydrogens is 256 g/mol. The van der Waals surface area contributed by atoms with E-state index in [4.69, 9.17) is 10.9 Å². The number of nitrogens with two attached hydrogens (primary N) is 1. The molecule has 2 aromatic rings. The van der Waals surface area contributed by atoms with Gasteiger partial charge in [0.15, 0.2) is 5.84 Å². The lowest BCUT2D eigenvalue weighted by Crippen LogP contribution is -2.19. The van der Waals surface area contributed by atoms with Gasteiger partial charge in [0.2, 0.25) is 0 Å². The maximum atomic E-state index is 8.62. The Hall–Kier alpha value is -2.41. The summed E-state index contributed by atoms with van der Waals surface area (Å²) in [5.74, 6) is 0.0155. The summed E-state index contributed by atoms with van der Waals surface area (Å²) in [6, 6.07) is 5.70. The lowest BCUT2D eigenvalue weighted by molar-refractivity contribution is 0.318. The topological polar surface area (TPSA) is 101 Å². The van der Waals surface area contributed by atoms with E-state index in [1.165, 1.54) is 5.69 Å². The molecule has 0 saturated carbocycles. The first kappa shape index (κ1) is 14.0. The highest BCUT2D eigenvalue weighted by molar-refractivity contribution is 5.95. The van der Waals surface area contributed by atoms with E-state index in [-0.39, 0.29) is 5.84 Å². The zero-order valence-electron chi connectivity index (χ0n) is 11.3. The quantitative estimate of drug-likeness (QED) is 0.230. The van der Waals surface area contributed by atoms with E-state index in [0.717, 1.165) is 18.5 Å². The Morgan fingerprint density at radius 2 is 2.30 bits per heavy atom. The molecule has 0 aromatic carbocycles. The fourth-order valence-corrected chi connectivity index (χ4v) is 1.87. The van der Waals surface area contributed by atoms with Gasteiger partial charge in [-0.25, -0.2) is 0 Å². The van der Waals surface area contributed by atoms with Crippen molar-refractivity contribution in [1.29, 1.82) is 0 Å². The van der Waals surface area contributed by atoms with E-state index in [9.17, 15) is 0 Å². The van der Waals surface area contributed by atoms with Crippen LogP contribution in [0.3, 0.4) is 0 Å². The minimum absolute atomic E-state index is 0.0155. The molecule has 0 unspecified atom stereocenters. The van der Waals surface area contributed by atoms with Crippen LogP contribution in [0.5, 0.6) is 0 Å². The molecule has 0 amide bonds. The van der Waals surface area contributed by atoms with Gasteiger partial charge < -0.3 is 16.3 Å². The number of aryl methyl sites for hydroxylation is 1. The van der Waals surface area contributed by atoms with Gasteiger partial charge in [0, 0.05) is 44.6 Å². The lowest BCUT2D eigenvalue weighted by Gasteiger charge is -2.06. The molecule has 0 saturated heterocycles. The van der Waals surface area contributed by atoms with Crippen LogP contribution in [0.1, 0.15) is 17.0 Å². The van der Waals surface area contributed by atoms with Gasteiger partial charge in [-0.2, -0.15) is 5.10 Å². The average Bonchev–Trinajstić information content (AvgIpc) is 2.88. The molecule has 7 heteroatoms. The maximum Gasteiger partial charge on any atom is 0.188 e. The number of oxime groups is 1. The molecule has 106 valence electrons. The van der Waals surface area contributed by atoms with Crippen LogP contribution in [-0.2, 0) is 20.0 Å². The van der Waals surface area contributed by atoms with E-state index in [2.05, 4.69) is 20.6 Å². The van der Waals surface area contributed by atoms with Gasteiger partial charge >= 0.3 is 0 Å². The Kier molecular flexibility index (Phi) is 4.67. The summed E-state index contributed by atoms with van der Waals surface area (Å²) in [6.07, 6.45) is 4.35. The molecule has 0 aliphatic rings. The number of nitrogens with zero attached hydrogens (tertiary/aromatic N) is 4. The Morgan fingerprint density at radius 3 is 3.00 bits per heavy atom. The summed E-state index contributed by atoms with van der Waals surface area (Å²) >= 11 is 0. The second-order valence-electron chi connectivity index (χ2n) is 4.41. The van der Waals surface area contributed by atoms with Gasteiger partial charge in [-0.3, -0.25) is 9.67 Å². The molecule has 2 heterocycles. The van der Waals surface area contributed by atoms with Gasteiger partial charge in [-0.1, -0.05) is 5.16 Å². The van der Waals surface area contributed by atoms with Crippen LogP contribution in [-0.4, -0.2) is 32.4 Å². The van der Waals surface area contributed by atoms with E-state index in [0.29, 0.717) is 12.2 Å². The number of hydrogen-bond donors (Lipinski definition) is 3. The standard InChI is InChI=1S/C13H18N6O/c1-19-11(4-7-17-19)3-5-15-9-10-2-6-16-12(8-10)13(14)18-20/h2,4,6-8,15,20H,3,5,9H2,1H3,(H2,14,18). The third kappa shape index (κ3) is 3.55. The third-order valence-electron chi connectivity index (χ3n) is 3.00. The number of rotatable bonds is 6. The number of nitrogens with one attached hydrogen (secondary N) is 1. The van der Waals surface area contributed by atoms with E-state index in [1.807, 2.05) is 23.9 Å². The minimum atomic E-state index is 0.0155. The predicted molar refractivity (Wildman–Crippen MR) is 75.4 cm³/mol. The second kappa shape index (κ2) is 6.67. The Labute approximate surface area is 117 Å². The largest absolute Gasteiger partial charge is 0.409 e. The highest BCUT2D eigenvalue weighted by Gasteiger charge is 2.02. The van der Waals surface area contributed by atoms with Gasteiger partial charge in [0.05, 0.1) is 0 Å². The third-order valence-corrected chi connectivity index (χ3v) is 3.00. The van der Waals surface area contributed by atoms with Crippen molar-refractivity contribution >= 4 is 5.84 Å². The molecule has 0 atom stereocenters. The minimum Gasteiger partial charge on any atom is -0.409 e. The zero-order valence-corrected chi connectivity index (χ0v) is 11.3. The number of aromatic nitrogens is 3. The van der Waals surface area contributed by atoms with Crippen molar-refractivity contribution < 1.29 is 5.21 Å². The molecule has 0 bridgehead atoms. The number of hydrogen-bond acceptors (Lipinski definition) is 5. The summed E-state index contributed by atoms with van der Waals surface area (Å²) in [7, 11) is 1.93. The molecule has 20 heavy (non-hydrogen) atoms. The first-order valence-corrected chi connectivity index (χ1v) is 6.31. The summed E-state index contributed by atoms with van der Waals surface area (Å²) in [6.45, 7) is 1.55. The SMILES string of the molecule is Cn1nccc1CCNCc1ccnc(/C(N)=N/O)c1. The first-order valence-electron chi connectivity index (χ1n) is 6.31. The van der Waals surface area contributed by atoms with Gasteiger partial charge in [-0.05, 0) is 23.8 Å². The molecule has 0 aliphatic carbocycles. The molecule has 2 aromatic heterocycles. The smallest absolute Gasteiger partial charge is 0.188 e. The van der Waals surface area contributed by atoms with Crippen LogP contribution in [0.15, 0.2) is 35.7 Å². The molecule has 7 nitrogen and oxygen atoms in total. The summed E-state index contributed by atoms with van der Waals surface area (Å²) < 4.78 is 1.87.